The van der Waals surface area contributed by atoms with Crippen molar-refractivity contribution in [2.75, 3.05) is 19.6 Å². The number of carbonyl (C=O) groups excluding carboxylic acids is 3. The van der Waals surface area contributed by atoms with Gasteiger partial charge in [-0.1, -0.05) is 13.8 Å². The molecule has 0 saturated carbocycles. The second-order valence-electron chi connectivity index (χ2n) is 9.35. The second kappa shape index (κ2) is 8.22. The predicted octanol–water partition coefficient (Wildman–Crippen LogP) is 0.00770. The third-order valence-electron chi connectivity index (χ3n) is 6.92. The molecule has 9 nitrogen and oxygen atoms in total. The van der Waals surface area contributed by atoms with Crippen LogP contribution in [0.25, 0.3) is 0 Å². The standard InChI is InChI=1S/C21H30N4O5S/c1-9(4-10(2)26)15-16-11(3)18(17(21(29)30)25(16)20(15)28)31-13-5-14(23-6-13)19(27)24-7-12(22)8-24/h9,11-16,23H,4-8,22H2,1-3H3,(H,29,30)/t9-,11+,13?,14?,15+,16-/m0/s1. The minimum atomic E-state index is -1.10. The molecule has 4 aliphatic heterocycles. The molecule has 6 atom stereocenters. The summed E-state index contributed by atoms with van der Waals surface area (Å²) in [5.74, 6) is -1.79. The zero-order chi connectivity index (χ0) is 22.6. The van der Waals surface area contributed by atoms with Gasteiger partial charge in [0, 0.05) is 48.2 Å². The highest BCUT2D eigenvalue weighted by molar-refractivity contribution is 8.03. The van der Waals surface area contributed by atoms with Gasteiger partial charge in [0.15, 0.2) is 0 Å². The van der Waals surface area contributed by atoms with Crippen molar-refractivity contribution in [2.24, 2.45) is 23.5 Å². The van der Waals surface area contributed by atoms with E-state index < -0.39 is 5.97 Å². The van der Waals surface area contributed by atoms with Crippen molar-refractivity contribution in [3.8, 4) is 0 Å². The van der Waals surface area contributed by atoms with Crippen LogP contribution in [0.5, 0.6) is 0 Å². The van der Waals surface area contributed by atoms with Gasteiger partial charge in [0.1, 0.15) is 11.5 Å². The number of thioether (sulfide) groups is 1. The molecule has 170 valence electrons. The van der Waals surface area contributed by atoms with Gasteiger partial charge in [-0.25, -0.2) is 4.79 Å². The van der Waals surface area contributed by atoms with Crippen LogP contribution in [0.4, 0.5) is 0 Å². The predicted molar refractivity (Wildman–Crippen MR) is 115 cm³/mol. The maximum Gasteiger partial charge on any atom is 0.353 e. The van der Waals surface area contributed by atoms with Crippen LogP contribution in [0, 0.1) is 17.8 Å². The van der Waals surface area contributed by atoms with Gasteiger partial charge in [-0.2, -0.15) is 0 Å². The molecule has 4 aliphatic rings. The SMILES string of the molecule is CC(=O)C[C@H](C)[C@H]1C(=O)N2C(C(=O)O)=C(SC3CNC(C(=O)N4CC(N)C4)C3)[C@H](C)[C@@H]12. The van der Waals surface area contributed by atoms with Crippen LogP contribution in [-0.4, -0.2) is 81.5 Å². The van der Waals surface area contributed by atoms with E-state index in [1.165, 1.54) is 23.6 Å². The molecule has 0 aromatic rings. The molecule has 0 spiro atoms. The molecule has 0 aromatic heterocycles. The maximum absolute atomic E-state index is 12.8. The summed E-state index contributed by atoms with van der Waals surface area (Å²) in [6, 6.07) is -0.444. The van der Waals surface area contributed by atoms with Gasteiger partial charge in [-0.05, 0) is 19.3 Å². The zero-order valence-electron chi connectivity index (χ0n) is 18.0. The molecule has 3 saturated heterocycles. The number of amides is 2. The number of carboxylic acid groups (broad SMARTS) is 1. The highest BCUT2D eigenvalue weighted by Gasteiger charge is 2.60. The summed E-state index contributed by atoms with van der Waals surface area (Å²) in [6.45, 7) is 7.13. The smallest absolute Gasteiger partial charge is 0.353 e. The lowest BCUT2D eigenvalue weighted by molar-refractivity contribution is -0.160. The number of nitrogens with one attached hydrogen (secondary N) is 1. The number of β-lactam (4-membered cyclic amide) rings is 1. The maximum atomic E-state index is 12.8. The third kappa shape index (κ3) is 3.78. The molecule has 2 unspecified atom stereocenters. The van der Waals surface area contributed by atoms with Gasteiger partial charge in [-0.3, -0.25) is 9.59 Å². The van der Waals surface area contributed by atoms with E-state index in [2.05, 4.69) is 5.32 Å². The van der Waals surface area contributed by atoms with Crippen LogP contribution in [0.1, 0.15) is 33.6 Å². The van der Waals surface area contributed by atoms with Crippen LogP contribution in [0.15, 0.2) is 10.6 Å². The first kappa shape index (κ1) is 22.3. The zero-order valence-corrected chi connectivity index (χ0v) is 18.9. The lowest BCUT2D eigenvalue weighted by Crippen LogP contribution is -2.62. The van der Waals surface area contributed by atoms with Crippen molar-refractivity contribution in [1.82, 2.24) is 15.1 Å². The van der Waals surface area contributed by atoms with E-state index in [9.17, 15) is 24.3 Å². The van der Waals surface area contributed by atoms with Crippen molar-refractivity contribution in [3.05, 3.63) is 10.6 Å². The van der Waals surface area contributed by atoms with E-state index in [0.29, 0.717) is 37.4 Å². The Morgan fingerprint density at radius 1 is 1.32 bits per heavy atom. The molecule has 3 fully saturated rings. The molecule has 10 heteroatoms. The average Bonchev–Trinajstić information content (AvgIpc) is 3.21. The molecule has 0 aliphatic carbocycles. The quantitative estimate of drug-likeness (QED) is 0.462. The van der Waals surface area contributed by atoms with Crippen molar-refractivity contribution >= 4 is 35.3 Å². The molecule has 0 bridgehead atoms. The van der Waals surface area contributed by atoms with Crippen LogP contribution < -0.4 is 11.1 Å². The summed E-state index contributed by atoms with van der Waals surface area (Å²) >= 11 is 1.48. The van der Waals surface area contributed by atoms with E-state index in [-0.39, 0.29) is 64.4 Å². The molecule has 4 N–H and O–H groups in total. The van der Waals surface area contributed by atoms with Crippen LogP contribution in [-0.2, 0) is 19.2 Å². The number of nitrogens with two attached hydrogens (primary N) is 1. The Hall–Kier alpha value is -1.91. The highest BCUT2D eigenvalue weighted by Crippen LogP contribution is 2.53. The van der Waals surface area contributed by atoms with E-state index in [1.807, 2.05) is 13.8 Å². The summed E-state index contributed by atoms with van der Waals surface area (Å²) in [7, 11) is 0. The number of likely N-dealkylation sites (tertiary alicyclic amines) is 1. The summed E-state index contributed by atoms with van der Waals surface area (Å²) in [5, 5.41) is 13.2. The second-order valence-corrected chi connectivity index (χ2v) is 10.7. The Balaban J connectivity index is 1.46. The van der Waals surface area contributed by atoms with Crippen molar-refractivity contribution in [1.29, 1.82) is 0 Å². The summed E-state index contributed by atoms with van der Waals surface area (Å²) in [5.41, 5.74) is 5.84. The van der Waals surface area contributed by atoms with Crippen LogP contribution in [0.2, 0.25) is 0 Å². The third-order valence-corrected chi connectivity index (χ3v) is 8.43. The van der Waals surface area contributed by atoms with Gasteiger partial charge in [-0.15, -0.1) is 11.8 Å². The van der Waals surface area contributed by atoms with Gasteiger partial charge in [0.2, 0.25) is 11.8 Å². The van der Waals surface area contributed by atoms with E-state index >= 15 is 0 Å². The molecule has 0 radical (unpaired) electrons. The number of carbonyl (C=O) groups is 4. The lowest BCUT2D eigenvalue weighted by Gasteiger charge is -2.47. The summed E-state index contributed by atoms with van der Waals surface area (Å²) in [6.07, 6.45) is 0.927. The largest absolute Gasteiger partial charge is 0.477 e. The molecule has 4 rings (SSSR count). The van der Waals surface area contributed by atoms with E-state index in [1.54, 1.807) is 4.90 Å². The Labute approximate surface area is 185 Å². The van der Waals surface area contributed by atoms with Crippen molar-refractivity contribution < 1.29 is 24.3 Å². The highest BCUT2D eigenvalue weighted by atomic mass is 32.2. The first-order valence-electron chi connectivity index (χ1n) is 10.8. The fraction of sp³-hybridized carbons (Fsp3) is 0.714. The monoisotopic (exact) mass is 450 g/mol. The van der Waals surface area contributed by atoms with Gasteiger partial charge >= 0.3 is 5.97 Å². The van der Waals surface area contributed by atoms with Crippen LogP contribution in [0.3, 0.4) is 0 Å². The minimum Gasteiger partial charge on any atom is -0.477 e. The van der Waals surface area contributed by atoms with Crippen molar-refractivity contribution in [3.63, 3.8) is 0 Å². The molecule has 4 heterocycles. The fourth-order valence-corrected chi connectivity index (χ4v) is 6.90. The number of ketones is 1. The van der Waals surface area contributed by atoms with Gasteiger partial charge in [0.25, 0.3) is 0 Å². The lowest BCUT2D eigenvalue weighted by atomic mass is 9.73. The summed E-state index contributed by atoms with van der Waals surface area (Å²) < 4.78 is 0. The average molecular weight is 451 g/mol. The number of hydrogen-bond donors (Lipinski definition) is 3. The minimum absolute atomic E-state index is 0.0290. The molecular formula is C21H30N4O5S. The topological polar surface area (TPSA) is 133 Å². The molecule has 31 heavy (non-hydrogen) atoms. The number of rotatable bonds is 7. The van der Waals surface area contributed by atoms with Gasteiger partial charge < -0.3 is 30.8 Å². The number of Topliss-reactive ketones (excluding diaryl/α,β-unsaturated/α-hetero) is 1. The normalized spacial score (nSPS) is 33.8. The number of nitrogens with zero attached hydrogens (tertiary/aromatic N) is 2. The fourth-order valence-electron chi connectivity index (χ4n) is 5.42. The van der Waals surface area contributed by atoms with Crippen molar-refractivity contribution in [2.45, 2.75) is 57.0 Å². The van der Waals surface area contributed by atoms with E-state index in [4.69, 9.17) is 5.73 Å². The Kier molecular flexibility index (Phi) is 5.91. The Morgan fingerprint density at radius 3 is 2.58 bits per heavy atom. The summed E-state index contributed by atoms with van der Waals surface area (Å²) in [4.78, 5) is 52.9. The van der Waals surface area contributed by atoms with Crippen LogP contribution >= 0.6 is 11.8 Å². The number of fused-ring (bicyclic) bond motifs is 1. The molecule has 2 amide bonds. The number of aliphatic carboxylic acids is 1. The number of carboxylic acids is 1. The van der Waals surface area contributed by atoms with E-state index in [0.717, 1.165) is 0 Å². The number of hydrogen-bond acceptors (Lipinski definition) is 7. The van der Waals surface area contributed by atoms with Gasteiger partial charge in [0.05, 0.1) is 18.0 Å². The first-order chi connectivity index (χ1) is 14.6. The first-order valence-corrected chi connectivity index (χ1v) is 11.7. The Bertz CT molecular complexity index is 855. The Morgan fingerprint density at radius 2 is 2.00 bits per heavy atom. The molecular weight excluding hydrogens is 420 g/mol. The molecule has 0 aromatic carbocycles.